The highest BCUT2D eigenvalue weighted by molar-refractivity contribution is 6.05. The maximum atomic E-state index is 15.7. The summed E-state index contributed by atoms with van der Waals surface area (Å²) in [6.45, 7) is 2.76. The zero-order valence-corrected chi connectivity index (χ0v) is 40.8. The molecule has 8 aromatic rings. The number of aromatic nitrogens is 7. The number of benzene rings is 5. The van der Waals surface area contributed by atoms with Crippen LogP contribution < -0.4 is 37.2 Å². The zero-order valence-electron chi connectivity index (χ0n) is 40.8. The maximum absolute atomic E-state index is 15.7. The highest BCUT2D eigenvalue weighted by Gasteiger charge is 2.28. The van der Waals surface area contributed by atoms with E-state index in [-0.39, 0.29) is 76.1 Å². The van der Waals surface area contributed by atoms with Gasteiger partial charge >= 0.3 is 0 Å². The van der Waals surface area contributed by atoms with Crippen LogP contribution in [-0.2, 0) is 13.0 Å². The Hall–Kier alpha value is -8.81. The van der Waals surface area contributed by atoms with Crippen molar-refractivity contribution < 1.29 is 23.2 Å². The number of nitrogens with one attached hydrogen (secondary N) is 6. The number of nitrogens with two attached hydrogens (primary N) is 1. The van der Waals surface area contributed by atoms with E-state index in [0.29, 0.717) is 47.8 Å². The number of carbonyl (C=O) groups is 3. The van der Waals surface area contributed by atoms with E-state index in [0.717, 1.165) is 62.2 Å². The van der Waals surface area contributed by atoms with Gasteiger partial charge in [0.2, 0.25) is 0 Å². The van der Waals surface area contributed by atoms with Gasteiger partial charge in [-0.2, -0.15) is 5.10 Å². The smallest absolute Gasteiger partial charge is 0.274 e. The molecule has 5 heterocycles. The number of carbonyl (C=O) groups excluding carboxylic acids is 3. The van der Waals surface area contributed by atoms with Crippen LogP contribution in [0.5, 0.6) is 0 Å². The molecular weight excluding hydrogens is 955 g/mol. The number of aromatic amines is 1. The van der Waals surface area contributed by atoms with Crippen LogP contribution in [0.15, 0.2) is 140 Å². The summed E-state index contributed by atoms with van der Waals surface area (Å²) >= 11 is 0. The molecule has 0 saturated carbocycles. The Labute approximate surface area is 431 Å². The highest BCUT2D eigenvalue weighted by atomic mass is 19.1. The van der Waals surface area contributed by atoms with Crippen molar-refractivity contribution in [2.24, 2.45) is 0 Å². The van der Waals surface area contributed by atoms with E-state index >= 15 is 4.39 Å². The van der Waals surface area contributed by atoms with Gasteiger partial charge in [-0.05, 0) is 92.7 Å². The SMILES string of the molecule is Nc1ncc(NC(=O)c2cccc(N(Cc3ccc(F)cc3F)c3ncc(-c4cccc(C(=O)NC(Cc5ccccc5)c5ccccc5)c4)nc3C(=O)N[C@H]3CCCNC3)c2)nc1-c1nc([C@H]2CCCNC2)n[nH]1. The number of piperidine rings is 2. The van der Waals surface area contributed by atoms with Crippen molar-refractivity contribution in [1.29, 1.82) is 0 Å². The van der Waals surface area contributed by atoms with Gasteiger partial charge in [0.1, 0.15) is 11.6 Å². The molecule has 10 rings (SSSR count). The Morgan fingerprint density at radius 2 is 1.51 bits per heavy atom. The first kappa shape index (κ1) is 49.8. The summed E-state index contributed by atoms with van der Waals surface area (Å²) in [5.41, 5.74) is 10.0. The van der Waals surface area contributed by atoms with Gasteiger partial charge in [0.25, 0.3) is 17.7 Å². The number of nitrogens with zero attached hydrogens (tertiary/aromatic N) is 7. The van der Waals surface area contributed by atoms with Gasteiger partial charge in [-0.3, -0.25) is 19.5 Å². The van der Waals surface area contributed by atoms with Crippen LogP contribution in [0.3, 0.4) is 0 Å². The van der Waals surface area contributed by atoms with Crippen molar-refractivity contribution in [1.82, 2.24) is 56.4 Å². The molecule has 2 aliphatic rings. The third-order valence-electron chi connectivity index (χ3n) is 13.3. The first-order valence-electron chi connectivity index (χ1n) is 24.9. The molecule has 0 bridgehead atoms. The van der Waals surface area contributed by atoms with Gasteiger partial charge in [-0.1, -0.05) is 84.9 Å². The fraction of sp³-hybridized carbons (Fsp3) is 0.232. The molecule has 0 aliphatic carbocycles. The number of halogens is 2. The minimum Gasteiger partial charge on any atom is -0.382 e. The lowest BCUT2D eigenvalue weighted by molar-refractivity contribution is 0.0921. The van der Waals surface area contributed by atoms with Crippen LogP contribution in [-0.4, -0.2) is 85.1 Å². The van der Waals surface area contributed by atoms with E-state index < -0.39 is 23.4 Å². The molecule has 2 aliphatic heterocycles. The number of anilines is 4. The largest absolute Gasteiger partial charge is 0.382 e. The Morgan fingerprint density at radius 3 is 2.27 bits per heavy atom. The molecule has 3 atom stereocenters. The molecule has 3 aromatic heterocycles. The van der Waals surface area contributed by atoms with Gasteiger partial charge in [0.05, 0.1) is 30.7 Å². The molecule has 380 valence electrons. The molecule has 75 heavy (non-hydrogen) atoms. The number of hydrogen-bond donors (Lipinski definition) is 7. The number of H-pyrrole nitrogens is 1. The summed E-state index contributed by atoms with van der Waals surface area (Å²) in [7, 11) is 0. The third kappa shape index (κ3) is 12.0. The van der Waals surface area contributed by atoms with Crippen LogP contribution in [0, 0.1) is 11.6 Å². The number of rotatable bonds is 16. The second-order valence-electron chi connectivity index (χ2n) is 18.6. The fourth-order valence-electron chi connectivity index (χ4n) is 9.33. The van der Waals surface area contributed by atoms with E-state index in [1.54, 1.807) is 53.4 Å². The van der Waals surface area contributed by atoms with Crippen LogP contribution in [0.1, 0.15) is 91.4 Å². The monoisotopic (exact) mass is 1010 g/mol. The normalized spacial score (nSPS) is 15.9. The van der Waals surface area contributed by atoms with Crippen molar-refractivity contribution in [2.45, 2.75) is 56.7 Å². The average Bonchev–Trinajstić information content (AvgIpc) is 3.95. The molecule has 0 radical (unpaired) electrons. The Balaban J connectivity index is 0.977. The molecule has 8 N–H and O–H groups in total. The zero-order chi connectivity index (χ0) is 51.7. The summed E-state index contributed by atoms with van der Waals surface area (Å²) in [4.78, 5) is 67.7. The lowest BCUT2D eigenvalue weighted by atomic mass is 9.98. The Morgan fingerprint density at radius 1 is 0.747 bits per heavy atom. The molecular formula is C56H54F2N14O3. The van der Waals surface area contributed by atoms with E-state index in [9.17, 15) is 18.8 Å². The first-order valence-corrected chi connectivity index (χ1v) is 24.9. The topological polar surface area (TPSA) is 234 Å². The number of hydrogen-bond acceptors (Lipinski definition) is 13. The molecule has 2 fully saturated rings. The second-order valence-corrected chi connectivity index (χ2v) is 18.6. The van der Waals surface area contributed by atoms with Gasteiger partial charge in [0, 0.05) is 59.1 Å². The minimum atomic E-state index is -0.835. The number of amides is 3. The van der Waals surface area contributed by atoms with Gasteiger partial charge < -0.3 is 37.2 Å². The lowest BCUT2D eigenvalue weighted by Crippen LogP contribution is -2.46. The van der Waals surface area contributed by atoms with E-state index in [4.69, 9.17) is 15.7 Å². The molecule has 17 nitrogen and oxygen atoms in total. The summed E-state index contributed by atoms with van der Waals surface area (Å²) < 4.78 is 30.0. The van der Waals surface area contributed by atoms with E-state index in [2.05, 4.69) is 51.7 Å². The van der Waals surface area contributed by atoms with Crippen LogP contribution in [0.2, 0.25) is 0 Å². The summed E-state index contributed by atoms with van der Waals surface area (Å²) in [5, 5.41) is 23.1. The van der Waals surface area contributed by atoms with Crippen molar-refractivity contribution in [3.63, 3.8) is 0 Å². The van der Waals surface area contributed by atoms with E-state index in [1.807, 2.05) is 60.7 Å². The maximum Gasteiger partial charge on any atom is 0.274 e. The first-order chi connectivity index (χ1) is 36.6. The van der Waals surface area contributed by atoms with Crippen molar-refractivity contribution in [3.05, 3.63) is 191 Å². The van der Waals surface area contributed by atoms with Gasteiger partial charge in [-0.25, -0.2) is 33.7 Å². The predicted molar refractivity (Wildman–Crippen MR) is 281 cm³/mol. The van der Waals surface area contributed by atoms with Gasteiger partial charge in [-0.15, -0.1) is 0 Å². The van der Waals surface area contributed by atoms with Crippen molar-refractivity contribution in [2.75, 3.05) is 42.1 Å². The van der Waals surface area contributed by atoms with Crippen molar-refractivity contribution in [3.8, 4) is 22.8 Å². The highest BCUT2D eigenvalue weighted by Crippen LogP contribution is 2.33. The molecule has 5 aromatic carbocycles. The van der Waals surface area contributed by atoms with E-state index in [1.165, 1.54) is 18.5 Å². The fourth-order valence-corrected chi connectivity index (χ4v) is 9.33. The number of nitrogen functional groups attached to an aromatic ring is 1. The lowest BCUT2D eigenvalue weighted by Gasteiger charge is -2.28. The molecule has 1 unspecified atom stereocenters. The predicted octanol–water partition coefficient (Wildman–Crippen LogP) is 7.83. The second kappa shape index (κ2) is 22.9. The van der Waals surface area contributed by atoms with Gasteiger partial charge in [0.15, 0.2) is 40.5 Å². The average molecular weight is 1010 g/mol. The summed E-state index contributed by atoms with van der Waals surface area (Å²) in [5.74, 6) is -1.82. The summed E-state index contributed by atoms with van der Waals surface area (Å²) in [6, 6.07) is 35.7. The standard InChI is InChI=1S/C56H54F2N14O3/c57-41-22-21-40(44(58)28-41)33-72(43-20-8-17-38(27-43)55(74)68-47-32-62-50(59)48(67-47)52-69-51(70-71-52)39-18-9-23-60-29-39)53-49(56(75)64-42-19-10-24-61-30-42)65-46(31-63-53)36-15-7-16-37(26-36)54(73)66-45(35-13-5-2-6-14-35)25-34-11-3-1-4-12-34/h1-8,11-17,20-22,26-28,31-32,39,42,45,60-61H,9-10,18-19,23-25,29-30,33H2,(H2,59,62)(H,64,75)(H,66,73)(H,67,68,74)(H,69,70,71)/t39-,42-,45?/m0/s1. The van der Waals surface area contributed by atoms with Crippen molar-refractivity contribution >= 4 is 40.9 Å². The van der Waals surface area contributed by atoms with Crippen LogP contribution >= 0.6 is 0 Å². The molecule has 19 heteroatoms. The van der Waals surface area contributed by atoms with Crippen LogP contribution in [0.4, 0.5) is 31.9 Å². The Kier molecular flexibility index (Phi) is 15.2. The summed E-state index contributed by atoms with van der Waals surface area (Å²) in [6.07, 6.45) is 6.84. The Bertz CT molecular complexity index is 3310. The molecule has 2 saturated heterocycles. The third-order valence-corrected chi connectivity index (χ3v) is 13.3. The molecule has 0 spiro atoms. The van der Waals surface area contributed by atoms with Crippen LogP contribution in [0.25, 0.3) is 22.8 Å². The quantitative estimate of drug-likeness (QED) is 0.0490. The molecule has 3 amide bonds. The minimum absolute atomic E-state index is 0.0197.